The Morgan fingerprint density at radius 1 is 0.905 bits per heavy atom. The van der Waals surface area contributed by atoms with E-state index in [9.17, 15) is 0 Å². The van der Waals surface area contributed by atoms with E-state index in [-0.39, 0.29) is 0 Å². The average molecular weight is 280 g/mol. The molecule has 1 nitrogen and oxygen atoms in total. The van der Waals surface area contributed by atoms with Crippen LogP contribution in [0.25, 0.3) is 5.57 Å². The second-order valence-corrected chi connectivity index (χ2v) is 5.36. The van der Waals surface area contributed by atoms with Crippen molar-refractivity contribution >= 4 is 5.57 Å². The highest BCUT2D eigenvalue weighted by Crippen LogP contribution is 2.24. The first kappa shape index (κ1) is 15.4. The Morgan fingerprint density at radius 3 is 2.00 bits per heavy atom. The molecule has 0 bridgehead atoms. The van der Waals surface area contributed by atoms with Crippen LogP contribution in [0.5, 0.6) is 5.75 Å². The standard InChI is InChI=1S/C20H24O/c1-4-5-6-7-17-8-10-18(11-9-17)16(2)19-12-14-20(21-3)15-13-19/h8-15H,2,4-7H2,1,3H3. The first-order valence-electron chi connectivity index (χ1n) is 7.67. The normalized spacial score (nSPS) is 10.4. The van der Waals surface area contributed by atoms with Gasteiger partial charge in [0.1, 0.15) is 5.75 Å². The molecule has 0 aliphatic heterocycles. The van der Waals surface area contributed by atoms with Gasteiger partial charge in [0, 0.05) is 0 Å². The summed E-state index contributed by atoms with van der Waals surface area (Å²) in [5.41, 5.74) is 4.78. The number of hydrogen-bond acceptors (Lipinski definition) is 1. The summed E-state index contributed by atoms with van der Waals surface area (Å²) in [5, 5.41) is 0. The van der Waals surface area contributed by atoms with Gasteiger partial charge in [0.25, 0.3) is 0 Å². The summed E-state index contributed by atoms with van der Waals surface area (Å²) < 4.78 is 5.19. The summed E-state index contributed by atoms with van der Waals surface area (Å²) in [4.78, 5) is 0. The van der Waals surface area contributed by atoms with E-state index in [1.165, 1.54) is 36.8 Å². The van der Waals surface area contributed by atoms with Crippen LogP contribution in [-0.2, 0) is 6.42 Å². The van der Waals surface area contributed by atoms with Crippen molar-refractivity contribution in [2.24, 2.45) is 0 Å². The van der Waals surface area contributed by atoms with Crippen molar-refractivity contribution in [2.75, 3.05) is 7.11 Å². The maximum absolute atomic E-state index is 5.19. The van der Waals surface area contributed by atoms with Crippen LogP contribution in [0.3, 0.4) is 0 Å². The van der Waals surface area contributed by atoms with Gasteiger partial charge in [0.05, 0.1) is 7.11 Å². The molecule has 110 valence electrons. The highest BCUT2D eigenvalue weighted by atomic mass is 16.5. The predicted molar refractivity (Wildman–Crippen MR) is 90.8 cm³/mol. The summed E-state index contributed by atoms with van der Waals surface area (Å²) in [6.45, 7) is 6.45. The first-order valence-corrected chi connectivity index (χ1v) is 7.67. The van der Waals surface area contributed by atoms with E-state index in [0.717, 1.165) is 16.9 Å². The molecule has 0 saturated heterocycles. The molecule has 0 radical (unpaired) electrons. The number of rotatable bonds is 7. The van der Waals surface area contributed by atoms with E-state index in [4.69, 9.17) is 4.74 Å². The Hall–Kier alpha value is -2.02. The second-order valence-electron chi connectivity index (χ2n) is 5.36. The Labute approximate surface area is 128 Å². The van der Waals surface area contributed by atoms with Gasteiger partial charge < -0.3 is 4.74 Å². The molecule has 21 heavy (non-hydrogen) atoms. The zero-order valence-electron chi connectivity index (χ0n) is 13.1. The van der Waals surface area contributed by atoms with Crippen LogP contribution in [0, 0.1) is 0 Å². The molecule has 0 atom stereocenters. The predicted octanol–water partition coefficient (Wildman–Crippen LogP) is 5.49. The van der Waals surface area contributed by atoms with Crippen LogP contribution in [0.15, 0.2) is 55.1 Å². The molecule has 0 spiro atoms. The van der Waals surface area contributed by atoms with Crippen molar-refractivity contribution in [3.05, 3.63) is 71.8 Å². The zero-order valence-corrected chi connectivity index (χ0v) is 13.1. The van der Waals surface area contributed by atoms with Crippen molar-refractivity contribution < 1.29 is 4.74 Å². The third-order valence-corrected chi connectivity index (χ3v) is 3.81. The van der Waals surface area contributed by atoms with E-state index >= 15 is 0 Å². The fraction of sp³-hybridized carbons (Fsp3) is 0.300. The van der Waals surface area contributed by atoms with Crippen molar-refractivity contribution in [3.8, 4) is 5.75 Å². The van der Waals surface area contributed by atoms with E-state index in [1.807, 2.05) is 12.1 Å². The molecule has 2 aromatic rings. The van der Waals surface area contributed by atoms with Gasteiger partial charge in [-0.1, -0.05) is 62.7 Å². The monoisotopic (exact) mass is 280 g/mol. The highest BCUT2D eigenvalue weighted by Gasteiger charge is 2.03. The molecule has 1 heteroatoms. The first-order chi connectivity index (χ1) is 10.2. The maximum Gasteiger partial charge on any atom is 0.118 e. The van der Waals surface area contributed by atoms with Crippen LogP contribution in [0.1, 0.15) is 42.9 Å². The van der Waals surface area contributed by atoms with E-state index in [2.05, 4.69) is 49.9 Å². The molecule has 0 saturated carbocycles. The van der Waals surface area contributed by atoms with Crippen molar-refractivity contribution in [1.29, 1.82) is 0 Å². The van der Waals surface area contributed by atoms with E-state index < -0.39 is 0 Å². The number of benzene rings is 2. The fourth-order valence-corrected chi connectivity index (χ4v) is 2.41. The zero-order chi connectivity index (χ0) is 15.1. The lowest BCUT2D eigenvalue weighted by Gasteiger charge is -2.09. The molecule has 0 unspecified atom stereocenters. The molecule has 0 aliphatic carbocycles. The lowest BCUT2D eigenvalue weighted by molar-refractivity contribution is 0.415. The molecule has 2 rings (SSSR count). The molecule has 0 amide bonds. The van der Waals surface area contributed by atoms with Gasteiger partial charge >= 0.3 is 0 Å². The van der Waals surface area contributed by atoms with Gasteiger partial charge in [-0.25, -0.2) is 0 Å². The third kappa shape index (κ3) is 4.22. The van der Waals surface area contributed by atoms with Gasteiger partial charge in [-0.3, -0.25) is 0 Å². The van der Waals surface area contributed by atoms with Gasteiger partial charge in [-0.05, 0) is 47.2 Å². The summed E-state index contributed by atoms with van der Waals surface area (Å²) in [6.07, 6.45) is 5.02. The smallest absolute Gasteiger partial charge is 0.118 e. The Kier molecular flexibility index (Phi) is 5.62. The van der Waals surface area contributed by atoms with Crippen LogP contribution < -0.4 is 4.74 Å². The van der Waals surface area contributed by atoms with E-state index in [0.29, 0.717) is 0 Å². The average Bonchev–Trinajstić information content (AvgIpc) is 2.55. The van der Waals surface area contributed by atoms with Gasteiger partial charge in [-0.15, -0.1) is 0 Å². The number of unbranched alkanes of at least 4 members (excludes halogenated alkanes) is 2. The lowest BCUT2D eigenvalue weighted by atomic mass is 9.97. The fourth-order valence-electron chi connectivity index (χ4n) is 2.41. The van der Waals surface area contributed by atoms with Gasteiger partial charge in [0.15, 0.2) is 0 Å². The Bertz CT molecular complexity index is 564. The molecule has 0 aliphatic rings. The van der Waals surface area contributed by atoms with Crippen molar-refractivity contribution in [3.63, 3.8) is 0 Å². The molecular weight excluding hydrogens is 256 g/mol. The number of aryl methyl sites for hydroxylation is 1. The number of methoxy groups -OCH3 is 1. The number of ether oxygens (including phenoxy) is 1. The molecule has 0 aromatic heterocycles. The Balaban J connectivity index is 2.04. The SMILES string of the molecule is C=C(c1ccc(CCCCC)cc1)c1ccc(OC)cc1. The summed E-state index contributed by atoms with van der Waals surface area (Å²) >= 11 is 0. The second kappa shape index (κ2) is 7.68. The van der Waals surface area contributed by atoms with Gasteiger partial charge in [-0.2, -0.15) is 0 Å². The highest BCUT2D eigenvalue weighted by molar-refractivity contribution is 5.78. The third-order valence-electron chi connectivity index (χ3n) is 3.81. The summed E-state index contributed by atoms with van der Waals surface area (Å²) in [6, 6.07) is 16.8. The molecule has 0 heterocycles. The van der Waals surface area contributed by atoms with Crippen molar-refractivity contribution in [1.82, 2.24) is 0 Å². The minimum Gasteiger partial charge on any atom is -0.497 e. The molecule has 0 N–H and O–H groups in total. The van der Waals surface area contributed by atoms with E-state index in [1.54, 1.807) is 7.11 Å². The summed E-state index contributed by atoms with van der Waals surface area (Å²) in [7, 11) is 1.68. The van der Waals surface area contributed by atoms with Crippen molar-refractivity contribution in [2.45, 2.75) is 32.6 Å². The Morgan fingerprint density at radius 2 is 1.48 bits per heavy atom. The van der Waals surface area contributed by atoms with Crippen LogP contribution in [-0.4, -0.2) is 7.11 Å². The van der Waals surface area contributed by atoms with Crippen LogP contribution in [0.2, 0.25) is 0 Å². The van der Waals surface area contributed by atoms with Gasteiger partial charge in [0.2, 0.25) is 0 Å². The quantitative estimate of drug-likeness (QED) is 0.609. The lowest BCUT2D eigenvalue weighted by Crippen LogP contribution is -1.90. The minimum atomic E-state index is 0.873. The topological polar surface area (TPSA) is 9.23 Å². The van der Waals surface area contributed by atoms with Crippen LogP contribution >= 0.6 is 0 Å². The number of hydrogen-bond donors (Lipinski definition) is 0. The molecule has 0 fully saturated rings. The van der Waals surface area contributed by atoms with Crippen LogP contribution in [0.4, 0.5) is 0 Å². The molecular formula is C20H24O. The summed E-state index contributed by atoms with van der Waals surface area (Å²) in [5.74, 6) is 0.873. The largest absolute Gasteiger partial charge is 0.497 e. The molecule has 2 aromatic carbocycles. The minimum absolute atomic E-state index is 0.873. The maximum atomic E-state index is 5.19.